The average Bonchev–Trinajstić information content (AvgIpc) is 2.35. The highest BCUT2D eigenvalue weighted by Crippen LogP contribution is 2.15. The van der Waals surface area contributed by atoms with Gasteiger partial charge in [-0.05, 0) is 5.75 Å². The van der Waals surface area contributed by atoms with Gasteiger partial charge in [-0.25, -0.2) is 0 Å². The topological polar surface area (TPSA) is 54.4 Å². The number of aliphatic carboxylic acids is 1. The van der Waals surface area contributed by atoms with Gasteiger partial charge in [0.15, 0.2) is 5.78 Å². The lowest BCUT2D eigenvalue weighted by molar-refractivity contribution is -0.140. The van der Waals surface area contributed by atoms with Crippen molar-refractivity contribution in [2.24, 2.45) is 5.92 Å². The summed E-state index contributed by atoms with van der Waals surface area (Å²) >= 11 is 1.55. The van der Waals surface area contributed by atoms with Crippen molar-refractivity contribution in [3.63, 3.8) is 0 Å². The van der Waals surface area contributed by atoms with Crippen LogP contribution in [-0.2, 0) is 4.79 Å². The van der Waals surface area contributed by atoms with Crippen LogP contribution < -0.4 is 0 Å². The van der Waals surface area contributed by atoms with Gasteiger partial charge in [-0.15, -0.1) is 0 Å². The van der Waals surface area contributed by atoms with Crippen molar-refractivity contribution in [3.8, 4) is 0 Å². The Labute approximate surface area is 105 Å². The summed E-state index contributed by atoms with van der Waals surface area (Å²) in [5.74, 6) is -0.231. The number of carboxylic acids is 1. The van der Waals surface area contributed by atoms with Crippen molar-refractivity contribution < 1.29 is 14.7 Å². The normalized spacial score (nSPS) is 12.1. The van der Waals surface area contributed by atoms with Crippen LogP contribution in [0.5, 0.6) is 0 Å². The van der Waals surface area contributed by atoms with E-state index in [1.807, 2.05) is 13.0 Å². The Balaban J connectivity index is 2.61. The summed E-state index contributed by atoms with van der Waals surface area (Å²) < 4.78 is 0. The Kier molecular flexibility index (Phi) is 5.77. The molecular formula is C13H16O3S. The molecule has 0 aliphatic carbocycles. The Morgan fingerprint density at radius 2 is 1.94 bits per heavy atom. The molecule has 0 heterocycles. The molecule has 0 saturated heterocycles. The summed E-state index contributed by atoms with van der Waals surface area (Å²) in [7, 11) is 0. The first-order valence-electron chi connectivity index (χ1n) is 5.54. The zero-order valence-corrected chi connectivity index (χ0v) is 10.6. The molecule has 1 atom stereocenters. The van der Waals surface area contributed by atoms with E-state index in [1.54, 1.807) is 36.0 Å². The number of carbonyl (C=O) groups is 2. The van der Waals surface area contributed by atoms with Crippen molar-refractivity contribution in [2.45, 2.75) is 13.3 Å². The summed E-state index contributed by atoms with van der Waals surface area (Å²) in [5, 5.41) is 9.03. The number of rotatable bonds is 7. The maximum absolute atomic E-state index is 11.9. The molecule has 0 aromatic heterocycles. The van der Waals surface area contributed by atoms with E-state index in [2.05, 4.69) is 0 Å². The molecule has 0 fully saturated rings. The van der Waals surface area contributed by atoms with Gasteiger partial charge in [-0.3, -0.25) is 9.59 Å². The molecule has 1 aromatic rings. The number of Topliss-reactive ketones (excluding diaryl/α,β-unsaturated/α-hetero) is 1. The summed E-state index contributed by atoms with van der Waals surface area (Å²) in [5.41, 5.74) is 0.584. The third kappa shape index (κ3) is 4.61. The van der Waals surface area contributed by atoms with Crippen LogP contribution >= 0.6 is 11.8 Å². The van der Waals surface area contributed by atoms with Crippen molar-refractivity contribution in [1.82, 2.24) is 0 Å². The Morgan fingerprint density at radius 1 is 1.29 bits per heavy atom. The number of benzene rings is 1. The van der Waals surface area contributed by atoms with Crippen molar-refractivity contribution in [2.75, 3.05) is 11.5 Å². The smallest absolute Gasteiger partial charge is 0.307 e. The van der Waals surface area contributed by atoms with Gasteiger partial charge in [-0.1, -0.05) is 37.3 Å². The number of hydrogen-bond donors (Lipinski definition) is 1. The van der Waals surface area contributed by atoms with E-state index in [-0.39, 0.29) is 12.2 Å². The number of ketones is 1. The molecule has 1 aromatic carbocycles. The first-order valence-corrected chi connectivity index (χ1v) is 6.69. The predicted octanol–water partition coefficient (Wildman–Crippen LogP) is 2.71. The molecule has 0 saturated carbocycles. The van der Waals surface area contributed by atoms with Crippen LogP contribution in [0.4, 0.5) is 0 Å². The van der Waals surface area contributed by atoms with Gasteiger partial charge in [0, 0.05) is 17.7 Å². The molecule has 1 N–H and O–H groups in total. The molecule has 1 unspecified atom stereocenters. The second-order valence-corrected chi connectivity index (χ2v) is 5.01. The molecular weight excluding hydrogens is 236 g/mol. The molecule has 4 heteroatoms. The lowest BCUT2D eigenvalue weighted by Gasteiger charge is -2.10. The lowest BCUT2D eigenvalue weighted by Crippen LogP contribution is -2.20. The van der Waals surface area contributed by atoms with Crippen molar-refractivity contribution in [1.29, 1.82) is 0 Å². The molecule has 0 aliphatic rings. The molecule has 0 radical (unpaired) electrons. The first-order chi connectivity index (χ1) is 8.15. The summed E-state index contributed by atoms with van der Waals surface area (Å²) in [4.78, 5) is 22.9. The van der Waals surface area contributed by atoms with Crippen LogP contribution in [0.1, 0.15) is 23.7 Å². The highest BCUT2D eigenvalue weighted by atomic mass is 32.2. The Morgan fingerprint density at radius 3 is 2.47 bits per heavy atom. The Bertz CT molecular complexity index is 376. The zero-order valence-electron chi connectivity index (χ0n) is 9.76. The second-order valence-electron chi connectivity index (χ2n) is 3.69. The van der Waals surface area contributed by atoms with E-state index in [1.165, 1.54) is 0 Å². The number of thioether (sulfide) groups is 1. The highest BCUT2D eigenvalue weighted by Gasteiger charge is 2.21. The Hall–Kier alpha value is -1.29. The maximum Gasteiger partial charge on any atom is 0.307 e. The monoisotopic (exact) mass is 252 g/mol. The van der Waals surface area contributed by atoms with Crippen LogP contribution in [0.3, 0.4) is 0 Å². The van der Waals surface area contributed by atoms with Crippen LogP contribution in [0, 0.1) is 5.92 Å². The quantitative estimate of drug-likeness (QED) is 0.758. The number of carbonyl (C=O) groups excluding carboxylic acids is 1. The van der Waals surface area contributed by atoms with Crippen molar-refractivity contribution >= 4 is 23.5 Å². The van der Waals surface area contributed by atoms with Crippen LogP contribution in [-0.4, -0.2) is 28.4 Å². The van der Waals surface area contributed by atoms with Crippen molar-refractivity contribution in [3.05, 3.63) is 35.9 Å². The fourth-order valence-corrected chi connectivity index (χ4v) is 2.22. The average molecular weight is 252 g/mol. The van der Waals surface area contributed by atoms with Crippen LogP contribution in [0.25, 0.3) is 0 Å². The SMILES string of the molecule is CCSCC(CC(=O)c1ccccc1)C(=O)O. The van der Waals surface area contributed by atoms with Gasteiger partial charge in [0.2, 0.25) is 0 Å². The van der Waals surface area contributed by atoms with E-state index in [9.17, 15) is 9.59 Å². The highest BCUT2D eigenvalue weighted by molar-refractivity contribution is 7.99. The van der Waals surface area contributed by atoms with E-state index >= 15 is 0 Å². The molecule has 0 spiro atoms. The van der Waals surface area contributed by atoms with E-state index < -0.39 is 11.9 Å². The van der Waals surface area contributed by atoms with Gasteiger partial charge in [-0.2, -0.15) is 11.8 Å². The number of carboxylic acid groups (broad SMARTS) is 1. The first kappa shape index (κ1) is 13.8. The molecule has 92 valence electrons. The summed E-state index contributed by atoms with van der Waals surface area (Å²) in [6.07, 6.45) is 0.0757. The van der Waals surface area contributed by atoms with E-state index in [0.29, 0.717) is 11.3 Å². The standard InChI is InChI=1S/C13H16O3S/c1-2-17-9-11(13(15)16)8-12(14)10-6-4-3-5-7-10/h3-7,11H,2,8-9H2,1H3,(H,15,16). The summed E-state index contributed by atoms with van der Waals surface area (Å²) in [6.45, 7) is 1.97. The molecule has 0 aliphatic heterocycles. The summed E-state index contributed by atoms with van der Waals surface area (Å²) in [6, 6.07) is 8.83. The third-order valence-electron chi connectivity index (χ3n) is 2.40. The molecule has 17 heavy (non-hydrogen) atoms. The molecule has 1 rings (SSSR count). The van der Waals surface area contributed by atoms with E-state index in [4.69, 9.17) is 5.11 Å². The van der Waals surface area contributed by atoms with Crippen LogP contribution in [0.2, 0.25) is 0 Å². The minimum absolute atomic E-state index is 0.0757. The molecule has 3 nitrogen and oxygen atoms in total. The third-order valence-corrected chi connectivity index (χ3v) is 3.45. The minimum Gasteiger partial charge on any atom is -0.481 e. The minimum atomic E-state index is -0.893. The maximum atomic E-state index is 11.9. The zero-order chi connectivity index (χ0) is 12.7. The van der Waals surface area contributed by atoms with Gasteiger partial charge in [0.1, 0.15) is 0 Å². The fraction of sp³-hybridized carbons (Fsp3) is 0.385. The predicted molar refractivity (Wildman–Crippen MR) is 69.5 cm³/mol. The lowest BCUT2D eigenvalue weighted by atomic mass is 10.00. The molecule has 0 amide bonds. The molecule has 0 bridgehead atoms. The fourth-order valence-electron chi connectivity index (χ4n) is 1.44. The largest absolute Gasteiger partial charge is 0.481 e. The van der Waals surface area contributed by atoms with Crippen LogP contribution in [0.15, 0.2) is 30.3 Å². The number of hydrogen-bond acceptors (Lipinski definition) is 3. The van der Waals surface area contributed by atoms with E-state index in [0.717, 1.165) is 5.75 Å². The van der Waals surface area contributed by atoms with Gasteiger partial charge >= 0.3 is 5.97 Å². The van der Waals surface area contributed by atoms with Gasteiger partial charge < -0.3 is 5.11 Å². The van der Waals surface area contributed by atoms with Gasteiger partial charge in [0.25, 0.3) is 0 Å². The van der Waals surface area contributed by atoms with Gasteiger partial charge in [0.05, 0.1) is 5.92 Å². The second kappa shape index (κ2) is 7.12.